The van der Waals surface area contributed by atoms with Gasteiger partial charge in [-0.1, -0.05) is 48.5 Å². The molecule has 21 heavy (non-hydrogen) atoms. The molecule has 3 nitrogen and oxygen atoms in total. The van der Waals surface area contributed by atoms with E-state index in [9.17, 15) is 0 Å². The van der Waals surface area contributed by atoms with E-state index in [2.05, 4.69) is 45.8 Å². The normalized spacial score (nSPS) is 12.5. The van der Waals surface area contributed by atoms with Crippen LogP contribution >= 0.6 is 0 Å². The molecular weight excluding hydrogens is 257 g/mol. The lowest BCUT2D eigenvalue weighted by Crippen LogP contribution is -2.43. The molecule has 0 atom stereocenters. The smallest absolute Gasteiger partial charge is 0.404 e. The minimum Gasteiger partial charge on any atom is -0.404 e. The Bertz CT molecular complexity index is 749. The fourth-order valence-electron chi connectivity index (χ4n) is 2.73. The molecule has 0 aliphatic carbocycles. The number of rotatable bonds is 2. The van der Waals surface area contributed by atoms with E-state index in [1.165, 1.54) is 0 Å². The number of hydrogen-bond acceptors (Lipinski definition) is 3. The lowest BCUT2D eigenvalue weighted by atomic mass is 9.67. The van der Waals surface area contributed by atoms with Crippen molar-refractivity contribution < 1.29 is 0 Å². The van der Waals surface area contributed by atoms with Crippen LogP contribution < -0.4 is 15.9 Å². The van der Waals surface area contributed by atoms with Crippen LogP contribution in [0.15, 0.2) is 72.9 Å². The third-order valence-electron chi connectivity index (χ3n) is 3.72. The zero-order chi connectivity index (χ0) is 14.1. The van der Waals surface area contributed by atoms with Gasteiger partial charge in [-0.15, -0.1) is 0 Å². The third-order valence-corrected chi connectivity index (χ3v) is 3.72. The molecule has 2 aromatic carbocycles. The lowest BCUT2D eigenvalue weighted by molar-refractivity contribution is 1.34. The summed E-state index contributed by atoms with van der Waals surface area (Å²) in [5.41, 5.74) is 5.55. The topological polar surface area (TPSA) is 37.0 Å². The maximum absolute atomic E-state index is 4.58. The summed E-state index contributed by atoms with van der Waals surface area (Å²) in [7, 11) is 0. The first-order valence-electron chi connectivity index (χ1n) is 7.04. The van der Waals surface area contributed by atoms with Crippen LogP contribution in [0.4, 0.5) is 11.4 Å². The van der Waals surface area contributed by atoms with Gasteiger partial charge in [-0.05, 0) is 29.2 Å². The molecule has 1 aliphatic rings. The van der Waals surface area contributed by atoms with Gasteiger partial charge in [0, 0.05) is 17.6 Å². The summed E-state index contributed by atoms with van der Waals surface area (Å²) >= 11 is 0. The molecule has 3 aromatic rings. The summed E-state index contributed by atoms with van der Waals surface area (Å²) in [5, 5.41) is 7.02. The molecule has 0 bridgehead atoms. The Labute approximate surface area is 124 Å². The highest BCUT2D eigenvalue weighted by molar-refractivity contribution is 6.81. The van der Waals surface area contributed by atoms with Crippen molar-refractivity contribution in [2.75, 3.05) is 10.5 Å². The first-order chi connectivity index (χ1) is 10.4. The van der Waals surface area contributed by atoms with E-state index in [4.69, 9.17) is 0 Å². The van der Waals surface area contributed by atoms with Crippen molar-refractivity contribution in [2.24, 2.45) is 0 Å². The highest BCUT2D eigenvalue weighted by Crippen LogP contribution is 2.27. The average molecular weight is 271 g/mol. The van der Waals surface area contributed by atoms with Gasteiger partial charge in [-0.3, -0.25) is 4.98 Å². The summed E-state index contributed by atoms with van der Waals surface area (Å²) in [6, 6.07) is 22.6. The van der Waals surface area contributed by atoms with Gasteiger partial charge in [0.25, 0.3) is 0 Å². The van der Waals surface area contributed by atoms with Crippen LogP contribution in [0.25, 0.3) is 11.3 Å². The van der Waals surface area contributed by atoms with Crippen LogP contribution in [-0.2, 0) is 0 Å². The highest BCUT2D eigenvalue weighted by Gasteiger charge is 2.29. The van der Waals surface area contributed by atoms with Crippen LogP contribution in [0, 0.1) is 0 Å². The predicted octanol–water partition coefficient (Wildman–Crippen LogP) is 2.98. The Morgan fingerprint density at radius 2 is 1.38 bits per heavy atom. The van der Waals surface area contributed by atoms with Gasteiger partial charge in [-0.25, -0.2) is 0 Å². The fraction of sp³-hybridized carbons (Fsp3) is 0. The second-order valence-electron chi connectivity index (χ2n) is 5.07. The third kappa shape index (κ3) is 2.15. The molecule has 4 heteroatoms. The summed E-state index contributed by atoms with van der Waals surface area (Å²) in [5.74, 6) is 0. The SMILES string of the molecule is c1ccc(-c2ncccc2B2Nc3ccccc3N2)cc1. The van der Waals surface area contributed by atoms with Crippen molar-refractivity contribution in [2.45, 2.75) is 0 Å². The van der Waals surface area contributed by atoms with Crippen molar-refractivity contribution in [3.05, 3.63) is 72.9 Å². The summed E-state index contributed by atoms with van der Waals surface area (Å²) in [4.78, 5) is 4.58. The first-order valence-corrected chi connectivity index (χ1v) is 7.04. The first kappa shape index (κ1) is 12.0. The second kappa shape index (κ2) is 4.98. The van der Waals surface area contributed by atoms with Crippen molar-refractivity contribution in [3.63, 3.8) is 0 Å². The summed E-state index contributed by atoms with van der Waals surface area (Å²) < 4.78 is 0. The number of pyridine rings is 1. The number of nitrogens with zero attached hydrogens (tertiary/aromatic N) is 1. The molecule has 4 rings (SSSR count). The Morgan fingerprint density at radius 1 is 0.714 bits per heavy atom. The number of fused-ring (bicyclic) bond motifs is 1. The number of anilines is 2. The van der Waals surface area contributed by atoms with E-state index in [-0.39, 0.29) is 6.98 Å². The molecular formula is C17H14BN3. The molecule has 2 N–H and O–H groups in total. The zero-order valence-electron chi connectivity index (χ0n) is 11.5. The molecule has 0 saturated heterocycles. The quantitative estimate of drug-likeness (QED) is 0.703. The second-order valence-corrected chi connectivity index (χ2v) is 5.07. The number of benzene rings is 2. The lowest BCUT2D eigenvalue weighted by Gasteiger charge is -2.12. The monoisotopic (exact) mass is 271 g/mol. The van der Waals surface area contributed by atoms with Gasteiger partial charge in [0.1, 0.15) is 0 Å². The molecule has 0 radical (unpaired) electrons. The maximum Gasteiger partial charge on any atom is 0.408 e. The Hall–Kier alpha value is -2.75. The minimum atomic E-state index is 0.0475. The van der Waals surface area contributed by atoms with Gasteiger partial charge in [0.15, 0.2) is 0 Å². The molecule has 2 heterocycles. The summed E-state index contributed by atoms with van der Waals surface area (Å²) in [6.07, 6.45) is 1.84. The Morgan fingerprint density at radius 3 is 2.10 bits per heavy atom. The van der Waals surface area contributed by atoms with Gasteiger partial charge < -0.3 is 10.5 Å². The molecule has 1 aliphatic heterocycles. The largest absolute Gasteiger partial charge is 0.408 e. The van der Waals surface area contributed by atoms with Crippen molar-refractivity contribution in [1.29, 1.82) is 0 Å². The van der Waals surface area contributed by atoms with E-state index in [0.29, 0.717) is 0 Å². The molecule has 0 unspecified atom stereocenters. The number of nitrogens with one attached hydrogen (secondary N) is 2. The van der Waals surface area contributed by atoms with Crippen LogP contribution in [0.2, 0.25) is 0 Å². The van der Waals surface area contributed by atoms with Gasteiger partial charge in [0.05, 0.1) is 5.69 Å². The van der Waals surface area contributed by atoms with Crippen molar-refractivity contribution in [1.82, 2.24) is 4.98 Å². The van der Waals surface area contributed by atoms with Crippen LogP contribution in [0.1, 0.15) is 0 Å². The molecule has 0 saturated carbocycles. The van der Waals surface area contributed by atoms with Crippen LogP contribution in [0.3, 0.4) is 0 Å². The predicted molar refractivity (Wildman–Crippen MR) is 88.7 cm³/mol. The van der Waals surface area contributed by atoms with Gasteiger partial charge >= 0.3 is 6.98 Å². The zero-order valence-corrected chi connectivity index (χ0v) is 11.5. The Balaban J connectivity index is 1.75. The van der Waals surface area contributed by atoms with E-state index in [0.717, 1.165) is 28.1 Å². The maximum atomic E-state index is 4.58. The molecule has 100 valence electrons. The van der Waals surface area contributed by atoms with E-state index >= 15 is 0 Å². The average Bonchev–Trinajstić information content (AvgIpc) is 2.99. The van der Waals surface area contributed by atoms with Crippen molar-refractivity contribution >= 4 is 23.8 Å². The molecule has 1 aromatic heterocycles. The summed E-state index contributed by atoms with van der Waals surface area (Å²) in [6.45, 7) is 0.0475. The van der Waals surface area contributed by atoms with Gasteiger partial charge in [-0.2, -0.15) is 0 Å². The van der Waals surface area contributed by atoms with Crippen molar-refractivity contribution in [3.8, 4) is 11.3 Å². The molecule has 0 amide bonds. The van der Waals surface area contributed by atoms with E-state index in [1.54, 1.807) is 0 Å². The number of hydrogen-bond donors (Lipinski definition) is 2. The fourth-order valence-corrected chi connectivity index (χ4v) is 2.73. The van der Waals surface area contributed by atoms with E-state index < -0.39 is 0 Å². The van der Waals surface area contributed by atoms with Crippen LogP contribution in [0.5, 0.6) is 0 Å². The molecule has 0 spiro atoms. The van der Waals surface area contributed by atoms with Gasteiger partial charge in [0.2, 0.25) is 0 Å². The number of aromatic nitrogens is 1. The highest BCUT2D eigenvalue weighted by atomic mass is 15.0. The minimum absolute atomic E-state index is 0.0475. The van der Waals surface area contributed by atoms with E-state index in [1.807, 2.05) is 42.6 Å². The molecule has 0 fully saturated rings. The van der Waals surface area contributed by atoms with Crippen LogP contribution in [-0.4, -0.2) is 12.0 Å². The number of para-hydroxylation sites is 2. The standard InChI is InChI=1S/C17H14BN3/c1-2-7-13(8-3-1)17-14(9-6-12-19-17)18-20-15-10-4-5-11-16(15)21-18/h1-12,20-21H. The Kier molecular flexibility index (Phi) is 2.85.